The molecule has 1 aromatic rings. The lowest BCUT2D eigenvalue weighted by atomic mass is 9.66. The minimum Gasteiger partial charge on any atom is -0.480 e. The lowest BCUT2D eigenvalue weighted by molar-refractivity contribution is -0.137. The normalized spacial score (nSPS) is 16.4. The first-order chi connectivity index (χ1) is 9.05. The van der Waals surface area contributed by atoms with Crippen molar-refractivity contribution in [3.63, 3.8) is 0 Å². The molecular formula is C13H17N3O3. The molecule has 1 aliphatic rings. The van der Waals surface area contributed by atoms with Gasteiger partial charge in [0.2, 0.25) is 5.91 Å². The van der Waals surface area contributed by atoms with Gasteiger partial charge in [-0.2, -0.15) is 5.10 Å². The molecule has 0 radical (unpaired) electrons. The number of aliphatic carboxylic acids is 1. The number of hydrogen-bond acceptors (Lipinski definition) is 3. The molecule has 6 heteroatoms. The minimum absolute atomic E-state index is 0.0563. The number of nitrogens with zero attached hydrogens (tertiary/aromatic N) is 2. The zero-order chi connectivity index (χ0) is 13.9. The van der Waals surface area contributed by atoms with Crippen molar-refractivity contribution in [2.24, 2.45) is 5.41 Å². The van der Waals surface area contributed by atoms with Crippen molar-refractivity contribution in [3.8, 4) is 0 Å². The predicted molar refractivity (Wildman–Crippen MR) is 69.6 cm³/mol. The molecule has 1 aliphatic carbocycles. The van der Waals surface area contributed by atoms with Crippen LogP contribution in [0.1, 0.15) is 25.7 Å². The molecule has 1 amide bonds. The molecule has 0 saturated heterocycles. The minimum atomic E-state index is -0.969. The number of amides is 1. The van der Waals surface area contributed by atoms with E-state index in [-0.39, 0.29) is 17.9 Å². The van der Waals surface area contributed by atoms with Crippen LogP contribution in [0.5, 0.6) is 0 Å². The molecule has 2 N–H and O–H groups in total. The number of carbonyl (C=O) groups excluding carboxylic acids is 1. The summed E-state index contributed by atoms with van der Waals surface area (Å²) < 4.78 is 1.28. The smallest absolute Gasteiger partial charge is 0.325 e. The first-order valence-corrected chi connectivity index (χ1v) is 6.23. The number of rotatable bonds is 6. The maximum atomic E-state index is 12.2. The van der Waals surface area contributed by atoms with Gasteiger partial charge < -0.3 is 10.4 Å². The predicted octanol–water partition coefficient (Wildman–Crippen LogP) is 1.65. The van der Waals surface area contributed by atoms with Gasteiger partial charge in [0, 0.05) is 12.3 Å². The Balaban J connectivity index is 2.00. The fourth-order valence-corrected chi connectivity index (χ4v) is 2.31. The van der Waals surface area contributed by atoms with Crippen molar-refractivity contribution in [2.75, 3.05) is 5.32 Å². The van der Waals surface area contributed by atoms with Gasteiger partial charge in [-0.15, -0.1) is 6.58 Å². The van der Waals surface area contributed by atoms with E-state index in [2.05, 4.69) is 17.0 Å². The SMILES string of the molecule is C=CCC1(C(=O)Nc2ccn(CC(=O)O)n2)CCC1. The molecule has 0 atom stereocenters. The summed E-state index contributed by atoms with van der Waals surface area (Å²) in [6.45, 7) is 3.47. The van der Waals surface area contributed by atoms with E-state index in [0.717, 1.165) is 19.3 Å². The third-order valence-corrected chi connectivity index (χ3v) is 3.51. The van der Waals surface area contributed by atoms with Gasteiger partial charge in [-0.1, -0.05) is 12.5 Å². The van der Waals surface area contributed by atoms with Crippen LogP contribution in [0.3, 0.4) is 0 Å². The quantitative estimate of drug-likeness (QED) is 0.764. The molecular weight excluding hydrogens is 246 g/mol. The van der Waals surface area contributed by atoms with Crippen molar-refractivity contribution in [3.05, 3.63) is 24.9 Å². The van der Waals surface area contributed by atoms with Gasteiger partial charge >= 0.3 is 5.97 Å². The summed E-state index contributed by atoms with van der Waals surface area (Å²) >= 11 is 0. The fraction of sp³-hybridized carbons (Fsp3) is 0.462. The van der Waals surface area contributed by atoms with Crippen LogP contribution in [0.25, 0.3) is 0 Å². The van der Waals surface area contributed by atoms with Gasteiger partial charge in [-0.3, -0.25) is 14.3 Å². The third-order valence-electron chi connectivity index (χ3n) is 3.51. The molecule has 1 heterocycles. The number of carbonyl (C=O) groups is 2. The molecule has 6 nitrogen and oxygen atoms in total. The molecule has 1 fully saturated rings. The van der Waals surface area contributed by atoms with Crippen LogP contribution in [-0.4, -0.2) is 26.8 Å². The van der Waals surface area contributed by atoms with Gasteiger partial charge in [0.25, 0.3) is 0 Å². The number of nitrogens with one attached hydrogen (secondary N) is 1. The van der Waals surface area contributed by atoms with Gasteiger partial charge in [0.1, 0.15) is 6.54 Å². The first-order valence-electron chi connectivity index (χ1n) is 6.23. The van der Waals surface area contributed by atoms with Gasteiger partial charge in [-0.05, 0) is 19.3 Å². The molecule has 2 rings (SSSR count). The van der Waals surface area contributed by atoms with Crippen molar-refractivity contribution in [1.82, 2.24) is 9.78 Å². The lowest BCUT2D eigenvalue weighted by Crippen LogP contribution is -2.41. The summed E-state index contributed by atoms with van der Waals surface area (Å²) in [6, 6.07) is 1.60. The van der Waals surface area contributed by atoms with Gasteiger partial charge in [0.05, 0.1) is 5.41 Å². The highest BCUT2D eigenvalue weighted by Crippen LogP contribution is 2.44. The van der Waals surface area contributed by atoms with Crippen LogP contribution in [0.2, 0.25) is 0 Å². The molecule has 0 bridgehead atoms. The van der Waals surface area contributed by atoms with Gasteiger partial charge in [0.15, 0.2) is 5.82 Å². The summed E-state index contributed by atoms with van der Waals surface area (Å²) in [4.78, 5) is 22.8. The van der Waals surface area contributed by atoms with E-state index >= 15 is 0 Å². The number of anilines is 1. The van der Waals surface area contributed by atoms with E-state index in [1.807, 2.05) is 0 Å². The second-order valence-corrected chi connectivity index (χ2v) is 4.87. The molecule has 102 valence electrons. The highest BCUT2D eigenvalue weighted by atomic mass is 16.4. The summed E-state index contributed by atoms with van der Waals surface area (Å²) in [5.74, 6) is -0.635. The van der Waals surface area contributed by atoms with Crippen LogP contribution in [0, 0.1) is 5.41 Å². The summed E-state index contributed by atoms with van der Waals surface area (Å²) in [5, 5.41) is 15.4. The highest BCUT2D eigenvalue weighted by Gasteiger charge is 2.43. The van der Waals surface area contributed by atoms with E-state index in [4.69, 9.17) is 5.11 Å². The maximum Gasteiger partial charge on any atom is 0.325 e. The zero-order valence-corrected chi connectivity index (χ0v) is 10.6. The Hall–Kier alpha value is -2.11. The molecule has 0 unspecified atom stereocenters. The highest BCUT2D eigenvalue weighted by molar-refractivity contribution is 5.95. The average molecular weight is 263 g/mol. The molecule has 1 aromatic heterocycles. The molecule has 19 heavy (non-hydrogen) atoms. The number of allylic oxidation sites excluding steroid dienone is 1. The molecule has 0 aromatic carbocycles. The van der Waals surface area contributed by atoms with Crippen LogP contribution >= 0.6 is 0 Å². The van der Waals surface area contributed by atoms with Crippen LogP contribution in [0.15, 0.2) is 24.9 Å². The Labute approximate surface area is 111 Å². The van der Waals surface area contributed by atoms with E-state index in [0.29, 0.717) is 12.2 Å². The average Bonchev–Trinajstić information content (AvgIpc) is 2.69. The Bertz CT molecular complexity index is 503. The van der Waals surface area contributed by atoms with E-state index < -0.39 is 5.97 Å². The maximum absolute atomic E-state index is 12.2. The summed E-state index contributed by atoms with van der Waals surface area (Å²) in [6.07, 6.45) is 6.73. The Morgan fingerprint density at radius 1 is 1.58 bits per heavy atom. The topological polar surface area (TPSA) is 84.2 Å². The zero-order valence-electron chi connectivity index (χ0n) is 10.6. The first kappa shape index (κ1) is 13.3. The van der Waals surface area contributed by atoms with E-state index in [1.54, 1.807) is 12.1 Å². The Kier molecular flexibility index (Phi) is 3.69. The second kappa shape index (κ2) is 5.26. The number of aromatic nitrogens is 2. The van der Waals surface area contributed by atoms with Crippen LogP contribution in [-0.2, 0) is 16.1 Å². The van der Waals surface area contributed by atoms with Crippen molar-refractivity contribution in [2.45, 2.75) is 32.2 Å². The van der Waals surface area contributed by atoms with Crippen molar-refractivity contribution in [1.29, 1.82) is 0 Å². The molecule has 0 spiro atoms. The largest absolute Gasteiger partial charge is 0.480 e. The van der Waals surface area contributed by atoms with Crippen molar-refractivity contribution < 1.29 is 14.7 Å². The van der Waals surface area contributed by atoms with Crippen molar-refractivity contribution >= 4 is 17.7 Å². The molecule has 0 aliphatic heterocycles. The standard InChI is InChI=1S/C13H17N3O3/c1-2-5-13(6-3-7-13)12(19)14-10-4-8-16(15-10)9-11(17)18/h2,4,8H,1,3,5-7,9H2,(H,17,18)(H,14,15,19). The van der Waals surface area contributed by atoms with Crippen LogP contribution in [0.4, 0.5) is 5.82 Å². The number of carboxylic acids is 1. The Morgan fingerprint density at radius 2 is 2.32 bits per heavy atom. The van der Waals surface area contributed by atoms with E-state index in [9.17, 15) is 9.59 Å². The summed E-state index contributed by atoms with van der Waals surface area (Å²) in [7, 11) is 0. The fourth-order valence-electron chi connectivity index (χ4n) is 2.31. The lowest BCUT2D eigenvalue weighted by Gasteiger charge is -2.39. The Morgan fingerprint density at radius 3 is 2.84 bits per heavy atom. The monoisotopic (exact) mass is 263 g/mol. The number of carboxylic acid groups (broad SMARTS) is 1. The van der Waals surface area contributed by atoms with Crippen LogP contribution < -0.4 is 5.32 Å². The third kappa shape index (κ3) is 2.83. The summed E-state index contributed by atoms with van der Waals surface area (Å²) in [5.41, 5.74) is -0.349. The second-order valence-electron chi connectivity index (χ2n) is 4.87. The molecule has 1 saturated carbocycles. The van der Waals surface area contributed by atoms with E-state index in [1.165, 1.54) is 10.9 Å². The van der Waals surface area contributed by atoms with Gasteiger partial charge in [-0.25, -0.2) is 0 Å². The number of hydrogen-bond donors (Lipinski definition) is 2.